The molecule has 1 atom stereocenters. The molecular weight excluding hydrogens is 232 g/mol. The van der Waals surface area contributed by atoms with Crippen molar-refractivity contribution in [3.8, 4) is 0 Å². The van der Waals surface area contributed by atoms with Crippen molar-refractivity contribution >= 4 is 34.9 Å². The summed E-state index contributed by atoms with van der Waals surface area (Å²) in [5.74, 6) is 0.318. The molecular formula is C9H9ClN4S. The molecule has 0 radical (unpaired) electrons. The molecule has 0 aromatic heterocycles. The van der Waals surface area contributed by atoms with E-state index in [9.17, 15) is 0 Å². The van der Waals surface area contributed by atoms with Crippen LogP contribution in [0.25, 0.3) is 0 Å². The van der Waals surface area contributed by atoms with Crippen LogP contribution in [0.2, 0.25) is 5.02 Å². The Labute approximate surface area is 97.5 Å². The molecule has 0 fully saturated rings. The summed E-state index contributed by atoms with van der Waals surface area (Å²) in [6.07, 6.45) is -0.240. The summed E-state index contributed by atoms with van der Waals surface area (Å²) in [6, 6.07) is 7.36. The highest BCUT2D eigenvalue weighted by Gasteiger charge is 2.16. The third kappa shape index (κ3) is 2.37. The molecule has 0 amide bonds. The van der Waals surface area contributed by atoms with Crippen LogP contribution in [0.3, 0.4) is 0 Å². The number of benzene rings is 1. The number of guanidine groups is 1. The standard InChI is InChI=1S/C9H9ClN4S/c10-6-3-1-5(2-4-6)7-12-8(11)14-9(15)13-7/h1-4,7H,(H4,11,12,13,14,15)/t7-/m0/s1. The summed E-state index contributed by atoms with van der Waals surface area (Å²) >= 11 is 10.8. The summed E-state index contributed by atoms with van der Waals surface area (Å²) in [6.45, 7) is 0. The van der Waals surface area contributed by atoms with Crippen LogP contribution in [-0.4, -0.2) is 11.1 Å². The summed E-state index contributed by atoms with van der Waals surface area (Å²) in [4.78, 5) is 4.17. The Bertz CT molecular complexity index is 415. The van der Waals surface area contributed by atoms with Gasteiger partial charge in [0, 0.05) is 5.02 Å². The van der Waals surface area contributed by atoms with Crippen LogP contribution in [0.15, 0.2) is 29.3 Å². The predicted molar refractivity (Wildman–Crippen MR) is 64.7 cm³/mol. The first-order chi connectivity index (χ1) is 7.15. The van der Waals surface area contributed by atoms with E-state index >= 15 is 0 Å². The van der Waals surface area contributed by atoms with Gasteiger partial charge in [0.05, 0.1) is 0 Å². The van der Waals surface area contributed by atoms with Crippen LogP contribution >= 0.6 is 23.8 Å². The van der Waals surface area contributed by atoms with E-state index in [1.54, 1.807) is 12.1 Å². The molecule has 0 saturated carbocycles. The van der Waals surface area contributed by atoms with Gasteiger partial charge in [-0.2, -0.15) is 0 Å². The highest BCUT2D eigenvalue weighted by atomic mass is 35.5. The lowest BCUT2D eigenvalue weighted by atomic mass is 10.2. The maximum Gasteiger partial charge on any atom is 0.197 e. The maximum absolute atomic E-state index is 5.79. The molecule has 15 heavy (non-hydrogen) atoms. The van der Waals surface area contributed by atoms with Crippen molar-refractivity contribution in [3.63, 3.8) is 0 Å². The molecule has 2 rings (SSSR count). The number of thiocarbonyl (C=S) groups is 1. The zero-order valence-corrected chi connectivity index (χ0v) is 9.27. The molecule has 4 nitrogen and oxygen atoms in total. The molecule has 4 N–H and O–H groups in total. The Morgan fingerprint density at radius 3 is 2.60 bits per heavy atom. The molecule has 0 aliphatic carbocycles. The Morgan fingerprint density at radius 2 is 2.00 bits per heavy atom. The Balaban J connectivity index is 2.27. The number of nitrogens with zero attached hydrogens (tertiary/aromatic N) is 1. The summed E-state index contributed by atoms with van der Waals surface area (Å²) in [5, 5.41) is 6.87. The average molecular weight is 241 g/mol. The van der Waals surface area contributed by atoms with Crippen molar-refractivity contribution in [1.29, 1.82) is 0 Å². The molecule has 6 heteroatoms. The van der Waals surface area contributed by atoms with Gasteiger partial charge in [-0.1, -0.05) is 23.7 Å². The number of aliphatic imine (C=N–C) groups is 1. The van der Waals surface area contributed by atoms with Gasteiger partial charge in [0.25, 0.3) is 0 Å². The summed E-state index contributed by atoms with van der Waals surface area (Å²) in [5.41, 5.74) is 6.53. The second kappa shape index (κ2) is 4.04. The number of hydrogen-bond donors (Lipinski definition) is 3. The lowest BCUT2D eigenvalue weighted by Gasteiger charge is -2.23. The first-order valence-corrected chi connectivity index (χ1v) is 5.10. The van der Waals surface area contributed by atoms with E-state index in [0.29, 0.717) is 16.1 Å². The van der Waals surface area contributed by atoms with E-state index in [4.69, 9.17) is 29.6 Å². The van der Waals surface area contributed by atoms with Crippen LogP contribution in [0.1, 0.15) is 11.7 Å². The number of nitrogens with one attached hydrogen (secondary N) is 2. The second-order valence-corrected chi connectivity index (χ2v) is 3.91. The van der Waals surface area contributed by atoms with Crippen LogP contribution in [-0.2, 0) is 0 Å². The lowest BCUT2D eigenvalue weighted by Crippen LogP contribution is -2.49. The molecule has 0 bridgehead atoms. The van der Waals surface area contributed by atoms with Crippen molar-refractivity contribution in [1.82, 2.24) is 10.6 Å². The lowest BCUT2D eigenvalue weighted by molar-refractivity contribution is 0.660. The number of nitrogens with two attached hydrogens (primary N) is 1. The quantitative estimate of drug-likeness (QED) is 0.644. The predicted octanol–water partition coefficient (Wildman–Crippen LogP) is 1.13. The highest BCUT2D eigenvalue weighted by molar-refractivity contribution is 7.80. The fourth-order valence-corrected chi connectivity index (χ4v) is 1.63. The fraction of sp³-hybridized carbons (Fsp3) is 0.111. The van der Waals surface area contributed by atoms with Gasteiger partial charge in [0.1, 0.15) is 6.17 Å². The number of rotatable bonds is 1. The van der Waals surface area contributed by atoms with Crippen LogP contribution in [0, 0.1) is 0 Å². The van der Waals surface area contributed by atoms with Crippen molar-refractivity contribution in [2.45, 2.75) is 6.17 Å². The molecule has 0 saturated heterocycles. The molecule has 1 heterocycles. The number of hydrogen-bond acceptors (Lipinski definition) is 3. The molecule has 1 aliphatic heterocycles. The highest BCUT2D eigenvalue weighted by Crippen LogP contribution is 2.18. The van der Waals surface area contributed by atoms with E-state index < -0.39 is 0 Å². The minimum atomic E-state index is -0.240. The second-order valence-electron chi connectivity index (χ2n) is 3.07. The minimum absolute atomic E-state index is 0.240. The van der Waals surface area contributed by atoms with Gasteiger partial charge in [-0.15, -0.1) is 0 Å². The molecule has 1 aromatic rings. The van der Waals surface area contributed by atoms with Crippen molar-refractivity contribution in [3.05, 3.63) is 34.9 Å². The van der Waals surface area contributed by atoms with E-state index in [0.717, 1.165) is 5.56 Å². The van der Waals surface area contributed by atoms with Gasteiger partial charge >= 0.3 is 0 Å². The minimum Gasteiger partial charge on any atom is -0.370 e. The molecule has 78 valence electrons. The smallest absolute Gasteiger partial charge is 0.197 e. The van der Waals surface area contributed by atoms with E-state index in [2.05, 4.69) is 15.6 Å². The van der Waals surface area contributed by atoms with E-state index in [-0.39, 0.29) is 6.17 Å². The van der Waals surface area contributed by atoms with Gasteiger partial charge in [-0.05, 0) is 29.9 Å². The third-order valence-corrected chi connectivity index (χ3v) is 2.44. The van der Waals surface area contributed by atoms with Gasteiger partial charge in [-0.3, -0.25) is 0 Å². The summed E-state index contributed by atoms with van der Waals surface area (Å²) in [7, 11) is 0. The van der Waals surface area contributed by atoms with Gasteiger partial charge in [-0.25, -0.2) is 4.99 Å². The normalized spacial score (nSPS) is 20.2. The molecule has 0 spiro atoms. The van der Waals surface area contributed by atoms with Crippen LogP contribution < -0.4 is 16.4 Å². The fourth-order valence-electron chi connectivity index (χ4n) is 1.28. The van der Waals surface area contributed by atoms with Crippen molar-refractivity contribution in [2.75, 3.05) is 0 Å². The zero-order valence-electron chi connectivity index (χ0n) is 7.70. The largest absolute Gasteiger partial charge is 0.370 e. The molecule has 1 aliphatic rings. The summed E-state index contributed by atoms with van der Waals surface area (Å²) < 4.78 is 0. The Kier molecular flexibility index (Phi) is 2.75. The SMILES string of the molecule is NC1=N[C@H](c2ccc(Cl)cc2)NC(=S)N1. The number of halogens is 1. The van der Waals surface area contributed by atoms with Gasteiger partial charge < -0.3 is 16.4 Å². The molecule has 0 unspecified atom stereocenters. The molecule has 1 aromatic carbocycles. The third-order valence-electron chi connectivity index (χ3n) is 1.96. The first-order valence-electron chi connectivity index (χ1n) is 4.31. The van der Waals surface area contributed by atoms with Gasteiger partial charge in [0.2, 0.25) is 0 Å². The monoisotopic (exact) mass is 240 g/mol. The van der Waals surface area contributed by atoms with Gasteiger partial charge in [0.15, 0.2) is 11.1 Å². The van der Waals surface area contributed by atoms with E-state index in [1.807, 2.05) is 12.1 Å². The maximum atomic E-state index is 5.79. The average Bonchev–Trinajstić information content (AvgIpc) is 2.17. The van der Waals surface area contributed by atoms with Crippen LogP contribution in [0.5, 0.6) is 0 Å². The Hall–Kier alpha value is -1.33. The first kappa shape index (κ1) is 10.2. The van der Waals surface area contributed by atoms with Crippen molar-refractivity contribution < 1.29 is 0 Å². The van der Waals surface area contributed by atoms with E-state index in [1.165, 1.54) is 0 Å². The zero-order chi connectivity index (χ0) is 10.8. The van der Waals surface area contributed by atoms with Crippen LogP contribution in [0.4, 0.5) is 0 Å². The topological polar surface area (TPSA) is 62.4 Å². The Morgan fingerprint density at radius 1 is 1.33 bits per heavy atom. The van der Waals surface area contributed by atoms with Crippen molar-refractivity contribution in [2.24, 2.45) is 10.7 Å².